The molecular formula is C20H28O. The Kier molecular flexibility index (Phi) is 4.32. The van der Waals surface area contributed by atoms with Crippen LogP contribution in [0.2, 0.25) is 0 Å². The Labute approximate surface area is 129 Å². The molecule has 0 radical (unpaired) electrons. The molecule has 0 N–H and O–H groups in total. The summed E-state index contributed by atoms with van der Waals surface area (Å²) in [7, 11) is 0. The van der Waals surface area contributed by atoms with Gasteiger partial charge >= 0.3 is 0 Å². The zero-order valence-electron chi connectivity index (χ0n) is 14.0. The number of benzene rings is 1. The van der Waals surface area contributed by atoms with Crippen LogP contribution >= 0.6 is 0 Å². The number of hydrogen-bond donors (Lipinski definition) is 0. The summed E-state index contributed by atoms with van der Waals surface area (Å²) >= 11 is 0. The molecule has 21 heavy (non-hydrogen) atoms. The van der Waals surface area contributed by atoms with Crippen LogP contribution in [0.4, 0.5) is 0 Å². The number of fused-ring (bicyclic) bond motifs is 2. The first-order valence-corrected chi connectivity index (χ1v) is 8.04. The molecule has 1 spiro atoms. The van der Waals surface area contributed by atoms with Crippen molar-refractivity contribution >= 4 is 12.2 Å². The fourth-order valence-electron chi connectivity index (χ4n) is 3.31. The lowest BCUT2D eigenvalue weighted by atomic mass is 9.80. The minimum absolute atomic E-state index is 0.0579. The first-order chi connectivity index (χ1) is 9.91. The van der Waals surface area contributed by atoms with Gasteiger partial charge < -0.3 is 4.74 Å². The summed E-state index contributed by atoms with van der Waals surface area (Å²) in [4.78, 5) is 0. The lowest BCUT2D eigenvalue weighted by Crippen LogP contribution is -2.38. The van der Waals surface area contributed by atoms with Crippen molar-refractivity contribution in [3.05, 3.63) is 42.0 Å². The minimum Gasteiger partial charge on any atom is -0.488 e. The Bertz CT molecular complexity index is 547. The highest BCUT2D eigenvalue weighted by Crippen LogP contribution is 2.59. The van der Waals surface area contributed by atoms with E-state index < -0.39 is 0 Å². The molecule has 3 rings (SSSR count). The van der Waals surface area contributed by atoms with Crippen molar-refractivity contribution in [3.63, 3.8) is 0 Å². The lowest BCUT2D eigenvalue weighted by Gasteiger charge is -2.38. The summed E-state index contributed by atoms with van der Waals surface area (Å²) in [6.07, 6.45) is 8.74. The van der Waals surface area contributed by atoms with Gasteiger partial charge in [0.25, 0.3) is 0 Å². The van der Waals surface area contributed by atoms with Crippen molar-refractivity contribution in [2.45, 2.75) is 64.4 Å². The average Bonchev–Trinajstić information content (AvgIpc) is 3.17. The highest BCUT2D eigenvalue weighted by molar-refractivity contribution is 5.68. The standard InChI is InChI=1S/C17H20O.C3H8/c1-5-12-9-14-15(10-13(12)6-2)18-16(3,4)11-17(14)7-8-17;1-3-2/h5-6,9-10H,1-2,7-8,11H2,3-4H3;3H2,1-2H3. The van der Waals surface area contributed by atoms with Crippen LogP contribution in [0.3, 0.4) is 0 Å². The molecule has 2 aliphatic rings. The van der Waals surface area contributed by atoms with Crippen LogP contribution in [0.15, 0.2) is 25.3 Å². The van der Waals surface area contributed by atoms with E-state index in [4.69, 9.17) is 4.74 Å². The van der Waals surface area contributed by atoms with Gasteiger partial charge in [0, 0.05) is 11.0 Å². The molecular weight excluding hydrogens is 256 g/mol. The highest BCUT2D eigenvalue weighted by Gasteiger charge is 2.53. The second-order valence-corrected chi connectivity index (χ2v) is 6.91. The van der Waals surface area contributed by atoms with Gasteiger partial charge in [0.05, 0.1) is 0 Å². The third-order valence-electron chi connectivity index (χ3n) is 4.20. The van der Waals surface area contributed by atoms with Crippen molar-refractivity contribution in [2.24, 2.45) is 0 Å². The zero-order chi connectivity index (χ0) is 15.7. The Morgan fingerprint density at radius 1 is 1.10 bits per heavy atom. The molecule has 1 saturated carbocycles. The van der Waals surface area contributed by atoms with Crippen molar-refractivity contribution < 1.29 is 4.74 Å². The number of hydrogen-bond acceptors (Lipinski definition) is 1. The predicted molar refractivity (Wildman–Crippen MR) is 92.8 cm³/mol. The van der Waals surface area contributed by atoms with E-state index in [9.17, 15) is 0 Å². The van der Waals surface area contributed by atoms with E-state index in [1.54, 1.807) is 0 Å². The summed E-state index contributed by atoms with van der Waals surface area (Å²) < 4.78 is 6.15. The van der Waals surface area contributed by atoms with E-state index in [1.807, 2.05) is 12.2 Å². The van der Waals surface area contributed by atoms with E-state index in [2.05, 4.69) is 53.0 Å². The van der Waals surface area contributed by atoms with Gasteiger partial charge in [0.15, 0.2) is 0 Å². The van der Waals surface area contributed by atoms with Crippen LogP contribution < -0.4 is 4.74 Å². The number of rotatable bonds is 2. The molecule has 1 aliphatic heterocycles. The Morgan fingerprint density at radius 2 is 1.62 bits per heavy atom. The molecule has 0 unspecified atom stereocenters. The molecule has 1 aromatic rings. The van der Waals surface area contributed by atoms with E-state index in [1.165, 1.54) is 30.4 Å². The molecule has 0 bridgehead atoms. The van der Waals surface area contributed by atoms with Crippen LogP contribution in [-0.4, -0.2) is 5.60 Å². The maximum Gasteiger partial charge on any atom is 0.124 e. The summed E-state index contributed by atoms with van der Waals surface area (Å²) in [6.45, 7) is 16.4. The normalized spacial score (nSPS) is 19.6. The van der Waals surface area contributed by atoms with Crippen molar-refractivity contribution in [2.75, 3.05) is 0 Å². The van der Waals surface area contributed by atoms with Crippen molar-refractivity contribution in [1.82, 2.24) is 0 Å². The van der Waals surface area contributed by atoms with Crippen LogP contribution in [0, 0.1) is 0 Å². The maximum atomic E-state index is 6.15. The average molecular weight is 284 g/mol. The summed E-state index contributed by atoms with van der Waals surface area (Å²) in [5.74, 6) is 1.05. The second-order valence-electron chi connectivity index (χ2n) is 6.91. The fourth-order valence-corrected chi connectivity index (χ4v) is 3.31. The van der Waals surface area contributed by atoms with Gasteiger partial charge in [0.1, 0.15) is 11.4 Å². The monoisotopic (exact) mass is 284 g/mol. The molecule has 0 amide bonds. The van der Waals surface area contributed by atoms with E-state index in [0.717, 1.165) is 17.7 Å². The lowest BCUT2D eigenvalue weighted by molar-refractivity contribution is 0.0670. The third-order valence-corrected chi connectivity index (χ3v) is 4.20. The van der Waals surface area contributed by atoms with Gasteiger partial charge in [-0.3, -0.25) is 0 Å². The molecule has 0 aromatic heterocycles. The van der Waals surface area contributed by atoms with E-state index in [-0.39, 0.29) is 5.60 Å². The van der Waals surface area contributed by atoms with Gasteiger partial charge in [-0.1, -0.05) is 45.6 Å². The summed E-state index contributed by atoms with van der Waals surface area (Å²) in [5, 5.41) is 0. The number of ether oxygens (including phenoxy) is 1. The minimum atomic E-state index is -0.0579. The fraction of sp³-hybridized carbons (Fsp3) is 0.500. The molecule has 0 atom stereocenters. The smallest absolute Gasteiger partial charge is 0.124 e. The van der Waals surface area contributed by atoms with Crippen molar-refractivity contribution in [3.8, 4) is 5.75 Å². The zero-order valence-corrected chi connectivity index (χ0v) is 14.0. The molecule has 1 fully saturated rings. The Hall–Kier alpha value is -1.50. The SMILES string of the molecule is C=Cc1cc2c(cc1C=C)C1(CC1)CC(C)(C)O2.CCC. The molecule has 1 heterocycles. The van der Waals surface area contributed by atoms with E-state index >= 15 is 0 Å². The molecule has 114 valence electrons. The molecule has 0 saturated heterocycles. The topological polar surface area (TPSA) is 9.23 Å². The van der Waals surface area contributed by atoms with Crippen LogP contribution in [0.5, 0.6) is 5.75 Å². The van der Waals surface area contributed by atoms with Gasteiger partial charge in [-0.2, -0.15) is 0 Å². The predicted octanol–water partition coefficient (Wildman–Crippen LogP) is 5.98. The maximum absolute atomic E-state index is 6.15. The molecule has 1 aromatic carbocycles. The van der Waals surface area contributed by atoms with E-state index in [0.29, 0.717) is 5.41 Å². The molecule has 1 nitrogen and oxygen atoms in total. The quantitative estimate of drug-likeness (QED) is 0.649. The largest absolute Gasteiger partial charge is 0.488 e. The first-order valence-electron chi connectivity index (χ1n) is 8.04. The first kappa shape index (κ1) is 15.9. The Balaban J connectivity index is 0.000000497. The summed E-state index contributed by atoms with van der Waals surface area (Å²) in [6, 6.07) is 4.38. The third kappa shape index (κ3) is 3.07. The Morgan fingerprint density at radius 3 is 2.10 bits per heavy atom. The van der Waals surface area contributed by atoms with Crippen LogP contribution in [0.25, 0.3) is 12.2 Å². The van der Waals surface area contributed by atoms with Gasteiger partial charge in [-0.05, 0) is 56.4 Å². The van der Waals surface area contributed by atoms with Gasteiger partial charge in [0.2, 0.25) is 0 Å². The van der Waals surface area contributed by atoms with Crippen LogP contribution in [0.1, 0.15) is 70.1 Å². The van der Waals surface area contributed by atoms with Crippen LogP contribution in [-0.2, 0) is 5.41 Å². The van der Waals surface area contributed by atoms with Crippen molar-refractivity contribution in [1.29, 1.82) is 0 Å². The molecule has 1 heteroatoms. The molecule has 1 aliphatic carbocycles. The van der Waals surface area contributed by atoms with Gasteiger partial charge in [-0.25, -0.2) is 0 Å². The van der Waals surface area contributed by atoms with Gasteiger partial charge in [-0.15, -0.1) is 0 Å². The highest BCUT2D eigenvalue weighted by atomic mass is 16.5. The summed E-state index contributed by atoms with van der Waals surface area (Å²) in [5.41, 5.74) is 3.96. The second kappa shape index (κ2) is 5.71.